The van der Waals surface area contributed by atoms with Gasteiger partial charge >= 0.3 is 0 Å². The van der Waals surface area contributed by atoms with Crippen LogP contribution in [0, 0.1) is 0 Å². The van der Waals surface area contributed by atoms with Crippen LogP contribution in [0.3, 0.4) is 0 Å². The van der Waals surface area contributed by atoms with E-state index in [1.807, 2.05) is 25.2 Å². The Balaban J connectivity index is 1.89. The van der Waals surface area contributed by atoms with Crippen molar-refractivity contribution in [1.82, 2.24) is 9.55 Å². The van der Waals surface area contributed by atoms with Crippen molar-refractivity contribution in [2.75, 3.05) is 5.32 Å². The summed E-state index contributed by atoms with van der Waals surface area (Å²) < 4.78 is 2.10. The molecule has 3 N–H and O–H groups in total. The first kappa shape index (κ1) is 9.66. The zero-order valence-electron chi connectivity index (χ0n) is 9.35. The molecule has 0 aliphatic heterocycles. The Morgan fingerprint density at radius 1 is 1.38 bits per heavy atom. The number of hydrogen-bond donors (Lipinski definition) is 2. The van der Waals surface area contributed by atoms with E-state index in [9.17, 15) is 0 Å². The third-order valence-corrected chi connectivity index (χ3v) is 3.29. The van der Waals surface area contributed by atoms with Crippen molar-refractivity contribution in [1.29, 1.82) is 0 Å². The van der Waals surface area contributed by atoms with Crippen molar-refractivity contribution in [2.45, 2.75) is 24.9 Å². The molecule has 0 saturated heterocycles. The third kappa shape index (κ3) is 1.46. The average Bonchev–Trinajstić information content (AvgIpc) is 2.55. The molecule has 0 bridgehead atoms. The molecule has 0 spiro atoms. The second-order valence-corrected chi connectivity index (χ2v) is 4.56. The van der Waals surface area contributed by atoms with E-state index in [-0.39, 0.29) is 0 Å². The van der Waals surface area contributed by atoms with Crippen molar-refractivity contribution < 1.29 is 0 Å². The summed E-state index contributed by atoms with van der Waals surface area (Å²) in [7, 11) is 2.04. The standard InChI is InChI=1S/C12H16N4/c1-16-11-5-3-2-4-10(11)15-12(16)14-9-6-8(13)7-9/h2-5,8-9H,6-7,13H2,1H3,(H,14,15). The lowest BCUT2D eigenvalue weighted by Gasteiger charge is -2.33. The molecule has 4 nitrogen and oxygen atoms in total. The van der Waals surface area contributed by atoms with E-state index in [2.05, 4.69) is 20.9 Å². The van der Waals surface area contributed by atoms with Gasteiger partial charge in [0.1, 0.15) is 0 Å². The molecule has 1 heterocycles. The van der Waals surface area contributed by atoms with Crippen LogP contribution in [0.2, 0.25) is 0 Å². The first-order chi connectivity index (χ1) is 7.74. The number of nitrogens with two attached hydrogens (primary N) is 1. The number of aryl methyl sites for hydroxylation is 1. The highest BCUT2D eigenvalue weighted by Crippen LogP contribution is 2.24. The van der Waals surface area contributed by atoms with Crippen molar-refractivity contribution in [3.8, 4) is 0 Å². The van der Waals surface area contributed by atoms with E-state index in [0.29, 0.717) is 12.1 Å². The normalized spacial score (nSPS) is 24.4. The zero-order valence-corrected chi connectivity index (χ0v) is 9.35. The number of imidazole rings is 1. The van der Waals surface area contributed by atoms with Gasteiger partial charge in [-0.1, -0.05) is 12.1 Å². The van der Waals surface area contributed by atoms with Crippen LogP contribution in [0.1, 0.15) is 12.8 Å². The van der Waals surface area contributed by atoms with Crippen molar-refractivity contribution >= 4 is 17.0 Å². The highest BCUT2D eigenvalue weighted by molar-refractivity contribution is 5.78. The van der Waals surface area contributed by atoms with E-state index >= 15 is 0 Å². The number of rotatable bonds is 2. The Labute approximate surface area is 94.5 Å². The minimum absolute atomic E-state index is 0.368. The minimum Gasteiger partial charge on any atom is -0.353 e. The Bertz CT molecular complexity index is 511. The van der Waals surface area contributed by atoms with Crippen LogP contribution in [0.5, 0.6) is 0 Å². The van der Waals surface area contributed by atoms with Crippen molar-refractivity contribution in [3.63, 3.8) is 0 Å². The van der Waals surface area contributed by atoms with Gasteiger partial charge in [-0.05, 0) is 25.0 Å². The Kier molecular flexibility index (Phi) is 2.11. The second-order valence-electron chi connectivity index (χ2n) is 4.56. The molecule has 1 aliphatic carbocycles. The van der Waals surface area contributed by atoms with E-state index in [0.717, 1.165) is 29.8 Å². The molecule has 1 fully saturated rings. The van der Waals surface area contributed by atoms with Gasteiger partial charge in [-0.2, -0.15) is 0 Å². The molecule has 0 amide bonds. The molecular formula is C12H16N4. The molecule has 16 heavy (non-hydrogen) atoms. The monoisotopic (exact) mass is 216 g/mol. The summed E-state index contributed by atoms with van der Waals surface area (Å²) in [6.07, 6.45) is 2.09. The molecule has 84 valence electrons. The first-order valence-corrected chi connectivity index (χ1v) is 5.67. The van der Waals surface area contributed by atoms with Gasteiger partial charge in [0, 0.05) is 19.1 Å². The summed E-state index contributed by atoms with van der Waals surface area (Å²) in [5.41, 5.74) is 7.97. The lowest BCUT2D eigenvalue weighted by Crippen LogP contribution is -2.44. The molecule has 2 aromatic rings. The van der Waals surface area contributed by atoms with Crippen molar-refractivity contribution in [2.24, 2.45) is 12.8 Å². The predicted molar refractivity (Wildman–Crippen MR) is 65.3 cm³/mol. The summed E-state index contributed by atoms with van der Waals surface area (Å²) >= 11 is 0. The maximum absolute atomic E-state index is 5.77. The number of nitrogens with zero attached hydrogens (tertiary/aromatic N) is 2. The van der Waals surface area contributed by atoms with Crippen LogP contribution >= 0.6 is 0 Å². The molecule has 4 heteroatoms. The van der Waals surface area contributed by atoms with Gasteiger partial charge in [0.25, 0.3) is 0 Å². The summed E-state index contributed by atoms with van der Waals surface area (Å²) in [4.78, 5) is 4.57. The van der Waals surface area contributed by atoms with Gasteiger partial charge < -0.3 is 15.6 Å². The third-order valence-electron chi connectivity index (χ3n) is 3.29. The van der Waals surface area contributed by atoms with Crippen LogP contribution in [-0.4, -0.2) is 21.6 Å². The number of anilines is 1. The van der Waals surface area contributed by atoms with Gasteiger partial charge in [0.15, 0.2) is 0 Å². The molecule has 0 radical (unpaired) electrons. The fourth-order valence-corrected chi connectivity index (χ4v) is 2.24. The highest BCUT2D eigenvalue weighted by atomic mass is 15.2. The Morgan fingerprint density at radius 2 is 2.12 bits per heavy atom. The number of fused-ring (bicyclic) bond motifs is 1. The van der Waals surface area contributed by atoms with Gasteiger partial charge in [-0.15, -0.1) is 0 Å². The summed E-state index contributed by atoms with van der Waals surface area (Å²) in [6.45, 7) is 0. The van der Waals surface area contributed by atoms with Crippen molar-refractivity contribution in [3.05, 3.63) is 24.3 Å². The molecule has 1 aromatic carbocycles. The molecule has 1 aliphatic rings. The molecule has 0 unspecified atom stereocenters. The number of nitrogens with one attached hydrogen (secondary N) is 1. The second kappa shape index (κ2) is 3.49. The van der Waals surface area contributed by atoms with Gasteiger partial charge in [0.2, 0.25) is 5.95 Å². The molecule has 0 atom stereocenters. The van der Waals surface area contributed by atoms with E-state index < -0.39 is 0 Å². The zero-order chi connectivity index (χ0) is 11.1. The van der Waals surface area contributed by atoms with Crippen LogP contribution in [0.25, 0.3) is 11.0 Å². The summed E-state index contributed by atoms with van der Waals surface area (Å²) in [5.74, 6) is 0.943. The van der Waals surface area contributed by atoms with Gasteiger partial charge in [-0.3, -0.25) is 0 Å². The lowest BCUT2D eigenvalue weighted by molar-refractivity contribution is 0.371. The number of para-hydroxylation sites is 2. The highest BCUT2D eigenvalue weighted by Gasteiger charge is 2.26. The van der Waals surface area contributed by atoms with E-state index in [1.165, 1.54) is 0 Å². The minimum atomic E-state index is 0.368. The van der Waals surface area contributed by atoms with Crippen LogP contribution in [0.4, 0.5) is 5.95 Å². The van der Waals surface area contributed by atoms with Gasteiger partial charge in [-0.25, -0.2) is 4.98 Å². The fourth-order valence-electron chi connectivity index (χ4n) is 2.24. The smallest absolute Gasteiger partial charge is 0.203 e. The van der Waals surface area contributed by atoms with Crippen LogP contribution in [0.15, 0.2) is 24.3 Å². The summed E-state index contributed by atoms with van der Waals surface area (Å²) in [6, 6.07) is 9.02. The van der Waals surface area contributed by atoms with E-state index in [4.69, 9.17) is 5.73 Å². The average molecular weight is 216 g/mol. The van der Waals surface area contributed by atoms with E-state index in [1.54, 1.807) is 0 Å². The SMILES string of the molecule is Cn1c(NC2CC(N)C2)nc2ccccc21. The topological polar surface area (TPSA) is 55.9 Å². The Hall–Kier alpha value is -1.55. The quantitative estimate of drug-likeness (QED) is 0.799. The maximum atomic E-state index is 5.77. The lowest BCUT2D eigenvalue weighted by atomic mass is 9.88. The number of benzene rings is 1. The predicted octanol–water partition coefficient (Wildman–Crippen LogP) is 1.47. The molecule has 3 rings (SSSR count). The van der Waals surface area contributed by atoms with Crippen LogP contribution in [-0.2, 0) is 7.05 Å². The maximum Gasteiger partial charge on any atom is 0.203 e. The largest absolute Gasteiger partial charge is 0.353 e. The molecular weight excluding hydrogens is 200 g/mol. The fraction of sp³-hybridized carbons (Fsp3) is 0.417. The number of hydrogen-bond acceptors (Lipinski definition) is 3. The molecule has 1 aromatic heterocycles. The summed E-state index contributed by atoms with van der Waals surface area (Å²) in [5, 5.41) is 3.44. The van der Waals surface area contributed by atoms with Gasteiger partial charge in [0.05, 0.1) is 11.0 Å². The molecule has 1 saturated carbocycles. The Morgan fingerprint density at radius 3 is 2.81 bits per heavy atom. The van der Waals surface area contributed by atoms with Crippen LogP contribution < -0.4 is 11.1 Å². The number of aromatic nitrogens is 2. The first-order valence-electron chi connectivity index (χ1n) is 5.67.